The first-order valence-electron chi connectivity index (χ1n) is 7.35. The number of hydrogen-bond acceptors (Lipinski definition) is 3. The zero-order valence-electron chi connectivity index (χ0n) is 12.5. The van der Waals surface area contributed by atoms with Gasteiger partial charge in [-0.05, 0) is 55.8 Å². The predicted octanol–water partition coefficient (Wildman–Crippen LogP) is 5.34. The molecule has 2 aromatic rings. The van der Waals surface area contributed by atoms with Crippen molar-refractivity contribution in [3.63, 3.8) is 0 Å². The molecule has 0 bridgehead atoms. The second kappa shape index (κ2) is 8.42. The summed E-state index contributed by atoms with van der Waals surface area (Å²) in [4.78, 5) is 6.92. The zero-order valence-corrected chi connectivity index (χ0v) is 14.0. The minimum atomic E-state index is 0.347. The minimum absolute atomic E-state index is 0.347. The molecule has 0 aliphatic carbocycles. The highest BCUT2D eigenvalue weighted by atomic mass is 35.5. The van der Waals surface area contributed by atoms with Crippen LogP contribution in [-0.2, 0) is 0 Å². The fourth-order valence-electron chi connectivity index (χ4n) is 2.07. The van der Waals surface area contributed by atoms with E-state index >= 15 is 0 Å². The molecular formula is C17H21ClN2S. The van der Waals surface area contributed by atoms with Crippen molar-refractivity contribution in [1.82, 2.24) is 10.3 Å². The molecule has 0 radical (unpaired) electrons. The first-order chi connectivity index (χ1) is 10.2. The van der Waals surface area contributed by atoms with Crippen molar-refractivity contribution in [2.75, 3.05) is 6.54 Å². The Morgan fingerprint density at radius 2 is 1.81 bits per heavy atom. The Morgan fingerprint density at radius 1 is 1.10 bits per heavy atom. The molecule has 2 rings (SSSR count). The number of halogens is 1. The molecule has 0 amide bonds. The van der Waals surface area contributed by atoms with Crippen LogP contribution in [0.3, 0.4) is 0 Å². The molecule has 21 heavy (non-hydrogen) atoms. The van der Waals surface area contributed by atoms with Gasteiger partial charge in [0.1, 0.15) is 0 Å². The number of nitrogens with one attached hydrogen (secondary N) is 1. The van der Waals surface area contributed by atoms with E-state index in [-0.39, 0.29) is 0 Å². The molecule has 1 aromatic carbocycles. The first kappa shape index (κ1) is 16.3. The normalized spacial score (nSPS) is 12.3. The Morgan fingerprint density at radius 3 is 2.38 bits per heavy atom. The third-order valence-electron chi connectivity index (χ3n) is 3.21. The number of rotatable bonds is 7. The Hall–Kier alpha value is -1.03. The lowest BCUT2D eigenvalue weighted by atomic mass is 10.1. The topological polar surface area (TPSA) is 24.9 Å². The summed E-state index contributed by atoms with van der Waals surface area (Å²) < 4.78 is 0. The van der Waals surface area contributed by atoms with Crippen LogP contribution >= 0.6 is 23.4 Å². The largest absolute Gasteiger partial charge is 0.309 e. The van der Waals surface area contributed by atoms with E-state index in [2.05, 4.69) is 36.3 Å². The Bertz CT molecular complexity index is 540. The lowest BCUT2D eigenvalue weighted by Gasteiger charge is -2.16. The van der Waals surface area contributed by atoms with Crippen LogP contribution in [0, 0.1) is 0 Å². The number of hydrogen-bond donors (Lipinski definition) is 1. The Balaban J connectivity index is 2.02. The van der Waals surface area contributed by atoms with E-state index in [9.17, 15) is 0 Å². The Kier molecular flexibility index (Phi) is 6.55. The van der Waals surface area contributed by atoms with Gasteiger partial charge in [-0.2, -0.15) is 0 Å². The molecule has 4 heteroatoms. The second-order valence-electron chi connectivity index (χ2n) is 4.89. The maximum atomic E-state index is 5.90. The van der Waals surface area contributed by atoms with Crippen molar-refractivity contribution in [2.24, 2.45) is 0 Å². The minimum Gasteiger partial charge on any atom is -0.309 e. The van der Waals surface area contributed by atoms with Crippen LogP contribution in [0.15, 0.2) is 52.4 Å². The molecule has 112 valence electrons. The first-order valence-corrected chi connectivity index (χ1v) is 8.55. The van der Waals surface area contributed by atoms with Crippen molar-refractivity contribution in [1.29, 1.82) is 0 Å². The Labute approximate surface area is 136 Å². The van der Waals surface area contributed by atoms with E-state index in [0.717, 1.165) is 35.0 Å². The van der Waals surface area contributed by atoms with Gasteiger partial charge < -0.3 is 5.32 Å². The molecule has 1 aromatic heterocycles. The molecule has 0 saturated heterocycles. The quantitative estimate of drug-likeness (QED) is 0.745. The van der Waals surface area contributed by atoms with E-state index in [4.69, 9.17) is 11.6 Å². The average Bonchev–Trinajstić information content (AvgIpc) is 2.52. The summed E-state index contributed by atoms with van der Waals surface area (Å²) in [5.41, 5.74) is 1.12. The highest BCUT2D eigenvalue weighted by Crippen LogP contribution is 2.28. The smallest absolute Gasteiger partial charge is 0.0573 e. The molecule has 0 saturated carbocycles. The van der Waals surface area contributed by atoms with E-state index in [1.807, 2.05) is 30.5 Å². The molecule has 0 aliphatic rings. The fourth-order valence-corrected chi connectivity index (χ4v) is 2.99. The van der Waals surface area contributed by atoms with Crippen LogP contribution in [0.5, 0.6) is 0 Å². The van der Waals surface area contributed by atoms with Gasteiger partial charge in [-0.25, -0.2) is 0 Å². The van der Waals surface area contributed by atoms with Crippen LogP contribution in [0.25, 0.3) is 0 Å². The third kappa shape index (κ3) is 5.03. The molecule has 1 atom stereocenters. The molecular weight excluding hydrogens is 300 g/mol. The van der Waals surface area contributed by atoms with Gasteiger partial charge >= 0.3 is 0 Å². The van der Waals surface area contributed by atoms with Crippen LogP contribution in [0.4, 0.5) is 0 Å². The summed E-state index contributed by atoms with van der Waals surface area (Å²) in [5, 5.41) is 4.29. The summed E-state index contributed by atoms with van der Waals surface area (Å²) in [6, 6.07) is 12.5. The van der Waals surface area contributed by atoms with Gasteiger partial charge in [0.15, 0.2) is 0 Å². The molecule has 0 spiro atoms. The molecule has 0 fully saturated rings. The SMILES string of the molecule is CCCNC(CC)c1ccc(Sc2ccc(Cl)cc2)cn1. The van der Waals surface area contributed by atoms with Crippen molar-refractivity contribution < 1.29 is 0 Å². The highest BCUT2D eigenvalue weighted by molar-refractivity contribution is 7.99. The summed E-state index contributed by atoms with van der Waals surface area (Å²) in [5.74, 6) is 0. The number of pyridine rings is 1. The average molecular weight is 321 g/mol. The van der Waals surface area contributed by atoms with Crippen LogP contribution in [0.2, 0.25) is 5.02 Å². The molecule has 1 heterocycles. The lowest BCUT2D eigenvalue weighted by Crippen LogP contribution is -2.22. The summed E-state index contributed by atoms with van der Waals surface area (Å²) >= 11 is 7.60. The van der Waals surface area contributed by atoms with Crippen LogP contribution < -0.4 is 5.32 Å². The third-order valence-corrected chi connectivity index (χ3v) is 4.45. The molecule has 1 N–H and O–H groups in total. The fraction of sp³-hybridized carbons (Fsp3) is 0.353. The van der Waals surface area contributed by atoms with Gasteiger partial charge in [0.05, 0.1) is 5.69 Å². The van der Waals surface area contributed by atoms with Crippen molar-refractivity contribution in [3.05, 3.63) is 53.3 Å². The van der Waals surface area contributed by atoms with Gasteiger partial charge in [0.2, 0.25) is 0 Å². The van der Waals surface area contributed by atoms with Gasteiger partial charge in [-0.1, -0.05) is 37.2 Å². The predicted molar refractivity (Wildman–Crippen MR) is 91.1 cm³/mol. The van der Waals surface area contributed by atoms with E-state index in [1.54, 1.807) is 11.8 Å². The number of nitrogens with zero attached hydrogens (tertiary/aromatic N) is 1. The number of benzene rings is 1. The van der Waals surface area contributed by atoms with E-state index in [1.165, 1.54) is 4.90 Å². The number of aromatic nitrogens is 1. The highest BCUT2D eigenvalue weighted by Gasteiger charge is 2.09. The summed E-state index contributed by atoms with van der Waals surface area (Å²) in [6.07, 6.45) is 4.14. The van der Waals surface area contributed by atoms with Crippen molar-refractivity contribution >= 4 is 23.4 Å². The zero-order chi connectivity index (χ0) is 15.1. The molecule has 0 aliphatic heterocycles. The molecule has 1 unspecified atom stereocenters. The van der Waals surface area contributed by atoms with Crippen LogP contribution in [-0.4, -0.2) is 11.5 Å². The second-order valence-corrected chi connectivity index (χ2v) is 6.47. The standard InChI is InChI=1S/C17H21ClN2S/c1-3-11-19-16(4-2)17-10-9-15(12-20-17)21-14-7-5-13(18)6-8-14/h5-10,12,16,19H,3-4,11H2,1-2H3. The van der Waals surface area contributed by atoms with Gasteiger partial charge in [0, 0.05) is 27.1 Å². The summed E-state index contributed by atoms with van der Waals surface area (Å²) in [6.45, 7) is 5.39. The maximum Gasteiger partial charge on any atom is 0.0573 e. The van der Waals surface area contributed by atoms with Crippen molar-refractivity contribution in [3.8, 4) is 0 Å². The van der Waals surface area contributed by atoms with E-state index in [0.29, 0.717) is 6.04 Å². The van der Waals surface area contributed by atoms with Gasteiger partial charge in [-0.15, -0.1) is 0 Å². The van der Waals surface area contributed by atoms with Gasteiger partial charge in [-0.3, -0.25) is 4.98 Å². The maximum absolute atomic E-state index is 5.90. The lowest BCUT2D eigenvalue weighted by molar-refractivity contribution is 0.507. The van der Waals surface area contributed by atoms with E-state index < -0.39 is 0 Å². The van der Waals surface area contributed by atoms with Crippen LogP contribution in [0.1, 0.15) is 38.4 Å². The monoisotopic (exact) mass is 320 g/mol. The molecule has 2 nitrogen and oxygen atoms in total. The van der Waals surface area contributed by atoms with Crippen molar-refractivity contribution in [2.45, 2.75) is 42.5 Å². The summed E-state index contributed by atoms with van der Waals surface area (Å²) in [7, 11) is 0. The van der Waals surface area contributed by atoms with Gasteiger partial charge in [0.25, 0.3) is 0 Å².